The molecule has 0 saturated heterocycles. The summed E-state index contributed by atoms with van der Waals surface area (Å²) >= 11 is 1.67. The molecule has 0 atom stereocenters. The second-order valence-corrected chi connectivity index (χ2v) is 8.26. The average molecular weight is 531 g/mol. The van der Waals surface area contributed by atoms with Crippen LogP contribution < -0.4 is 16.0 Å². The highest BCUT2D eigenvalue weighted by Crippen LogP contribution is 2.27. The maximum Gasteiger partial charge on any atom is 0.407 e. The number of alkyl carbamates (subject to hydrolysis) is 1. The molecular weight excluding hydrogens is 501 g/mol. The van der Waals surface area contributed by atoms with E-state index >= 15 is 0 Å². The van der Waals surface area contributed by atoms with Gasteiger partial charge in [-0.15, -0.1) is 35.3 Å². The lowest BCUT2D eigenvalue weighted by molar-refractivity contribution is 0.0529. The standard InChI is InChI=1S/C20H29N5O2S.HI/c1-14-16(28-17(25-14)15-9-7-6-8-10-15)13-24-18(21-5)22-11-12-23-19(26)27-20(2,3)4;/h6-10H,11-13H2,1-5H3,(H,23,26)(H2,21,22,24);1H. The van der Waals surface area contributed by atoms with Gasteiger partial charge in [-0.2, -0.15) is 0 Å². The van der Waals surface area contributed by atoms with Crippen LogP contribution in [0.5, 0.6) is 0 Å². The number of halogens is 1. The zero-order valence-corrected chi connectivity index (χ0v) is 20.7. The number of aliphatic imine (C=N–C) groups is 1. The fraction of sp³-hybridized carbons (Fsp3) is 0.450. The molecule has 2 rings (SSSR count). The van der Waals surface area contributed by atoms with Crippen LogP contribution in [0.1, 0.15) is 31.3 Å². The number of carbonyl (C=O) groups excluding carboxylic acids is 1. The van der Waals surface area contributed by atoms with Crippen molar-refractivity contribution in [3.8, 4) is 10.6 Å². The summed E-state index contributed by atoms with van der Waals surface area (Å²) in [6.07, 6.45) is -0.425. The van der Waals surface area contributed by atoms with E-state index in [0.29, 0.717) is 25.6 Å². The van der Waals surface area contributed by atoms with E-state index in [1.807, 2.05) is 45.9 Å². The van der Waals surface area contributed by atoms with Crippen LogP contribution in [-0.4, -0.2) is 42.8 Å². The van der Waals surface area contributed by atoms with Crippen LogP contribution >= 0.6 is 35.3 Å². The molecule has 1 heterocycles. The Morgan fingerprint density at radius 2 is 1.79 bits per heavy atom. The Labute approximate surface area is 193 Å². The second-order valence-electron chi connectivity index (χ2n) is 7.17. The third-order valence-electron chi connectivity index (χ3n) is 3.64. The minimum Gasteiger partial charge on any atom is -0.444 e. The van der Waals surface area contributed by atoms with Gasteiger partial charge in [-0.25, -0.2) is 9.78 Å². The summed E-state index contributed by atoms with van der Waals surface area (Å²) in [6.45, 7) is 9.13. The monoisotopic (exact) mass is 531 g/mol. The molecule has 0 radical (unpaired) electrons. The number of thiazole rings is 1. The second kappa shape index (κ2) is 12.0. The van der Waals surface area contributed by atoms with Crippen LogP contribution in [0, 0.1) is 6.92 Å². The quantitative estimate of drug-likeness (QED) is 0.228. The molecule has 0 aliphatic rings. The molecule has 0 fully saturated rings. The van der Waals surface area contributed by atoms with Crippen molar-refractivity contribution in [1.82, 2.24) is 20.9 Å². The van der Waals surface area contributed by atoms with Crippen molar-refractivity contribution in [2.75, 3.05) is 20.1 Å². The van der Waals surface area contributed by atoms with Gasteiger partial charge in [-0.3, -0.25) is 4.99 Å². The van der Waals surface area contributed by atoms with Gasteiger partial charge in [0.2, 0.25) is 0 Å². The normalized spacial score (nSPS) is 11.4. The first kappa shape index (κ1) is 25.2. The highest BCUT2D eigenvalue weighted by Gasteiger charge is 2.15. The van der Waals surface area contributed by atoms with Crippen LogP contribution in [0.4, 0.5) is 4.79 Å². The molecule has 0 aliphatic heterocycles. The molecule has 3 N–H and O–H groups in total. The number of hydrogen-bond acceptors (Lipinski definition) is 5. The number of benzene rings is 1. The molecule has 0 bridgehead atoms. The van der Waals surface area contributed by atoms with Crippen molar-refractivity contribution in [3.63, 3.8) is 0 Å². The number of aryl methyl sites for hydroxylation is 1. The average Bonchev–Trinajstić information content (AvgIpc) is 3.01. The smallest absolute Gasteiger partial charge is 0.407 e. The van der Waals surface area contributed by atoms with Crippen molar-refractivity contribution in [2.24, 2.45) is 4.99 Å². The first-order valence-electron chi connectivity index (χ1n) is 9.21. The van der Waals surface area contributed by atoms with Crippen molar-refractivity contribution in [2.45, 2.75) is 39.8 Å². The first-order chi connectivity index (χ1) is 13.3. The van der Waals surface area contributed by atoms with Gasteiger partial charge >= 0.3 is 6.09 Å². The number of nitrogens with one attached hydrogen (secondary N) is 3. The summed E-state index contributed by atoms with van der Waals surface area (Å²) in [5.41, 5.74) is 1.64. The largest absolute Gasteiger partial charge is 0.444 e. The Hall–Kier alpha value is -1.88. The van der Waals surface area contributed by atoms with Gasteiger partial charge in [0.05, 0.1) is 12.2 Å². The summed E-state index contributed by atoms with van der Waals surface area (Å²) in [5, 5.41) is 10.2. The summed E-state index contributed by atoms with van der Waals surface area (Å²) in [5.74, 6) is 0.667. The van der Waals surface area contributed by atoms with Crippen LogP contribution in [0.3, 0.4) is 0 Å². The van der Waals surface area contributed by atoms with Gasteiger partial charge in [-0.1, -0.05) is 30.3 Å². The zero-order valence-electron chi connectivity index (χ0n) is 17.5. The van der Waals surface area contributed by atoms with Gasteiger partial charge in [-0.05, 0) is 27.7 Å². The van der Waals surface area contributed by atoms with Crippen LogP contribution in [0.15, 0.2) is 35.3 Å². The fourth-order valence-electron chi connectivity index (χ4n) is 2.34. The van der Waals surface area contributed by atoms with Crippen molar-refractivity contribution in [1.29, 1.82) is 0 Å². The van der Waals surface area contributed by atoms with Crippen molar-refractivity contribution >= 4 is 47.4 Å². The number of hydrogen-bond donors (Lipinski definition) is 3. The molecule has 160 valence electrons. The van der Waals surface area contributed by atoms with Gasteiger partial charge in [0, 0.05) is 30.6 Å². The van der Waals surface area contributed by atoms with E-state index in [2.05, 4.69) is 38.1 Å². The number of ether oxygens (including phenoxy) is 1. The van der Waals surface area contributed by atoms with E-state index in [4.69, 9.17) is 4.74 Å². The van der Waals surface area contributed by atoms with Gasteiger partial charge in [0.25, 0.3) is 0 Å². The predicted molar refractivity (Wildman–Crippen MR) is 130 cm³/mol. The molecule has 1 amide bonds. The minimum atomic E-state index is -0.500. The summed E-state index contributed by atoms with van der Waals surface area (Å²) < 4.78 is 5.20. The summed E-state index contributed by atoms with van der Waals surface area (Å²) in [6, 6.07) is 10.2. The van der Waals surface area contributed by atoms with E-state index in [9.17, 15) is 4.79 Å². The predicted octanol–water partition coefficient (Wildman–Crippen LogP) is 3.93. The molecule has 0 unspecified atom stereocenters. The number of guanidine groups is 1. The van der Waals surface area contributed by atoms with Crippen molar-refractivity contribution in [3.05, 3.63) is 40.9 Å². The fourth-order valence-corrected chi connectivity index (χ4v) is 3.35. The summed E-state index contributed by atoms with van der Waals surface area (Å²) in [4.78, 5) is 21.7. The molecule has 0 saturated carbocycles. The highest BCUT2D eigenvalue weighted by molar-refractivity contribution is 14.0. The Bertz CT molecular complexity index is 803. The lowest BCUT2D eigenvalue weighted by Crippen LogP contribution is -2.42. The van der Waals surface area contributed by atoms with E-state index in [1.165, 1.54) is 0 Å². The molecule has 9 heteroatoms. The maximum absolute atomic E-state index is 11.6. The summed E-state index contributed by atoms with van der Waals surface area (Å²) in [7, 11) is 1.71. The Morgan fingerprint density at radius 3 is 2.41 bits per heavy atom. The number of nitrogens with zero attached hydrogens (tertiary/aromatic N) is 2. The van der Waals surface area contributed by atoms with E-state index in [1.54, 1.807) is 18.4 Å². The Morgan fingerprint density at radius 1 is 1.14 bits per heavy atom. The van der Waals surface area contributed by atoms with Crippen molar-refractivity contribution < 1.29 is 9.53 Å². The molecule has 1 aromatic carbocycles. The third-order valence-corrected chi connectivity index (χ3v) is 4.85. The molecule has 1 aromatic heterocycles. The molecule has 0 spiro atoms. The molecular formula is C20H30IN5O2S. The van der Waals surface area contributed by atoms with Gasteiger partial charge in [0.1, 0.15) is 10.6 Å². The highest BCUT2D eigenvalue weighted by atomic mass is 127. The van der Waals surface area contributed by atoms with Crippen LogP contribution in [0.2, 0.25) is 0 Å². The van der Waals surface area contributed by atoms with Gasteiger partial charge in [0.15, 0.2) is 5.96 Å². The number of rotatable bonds is 6. The Kier molecular flexibility index (Phi) is 10.4. The molecule has 7 nitrogen and oxygen atoms in total. The molecule has 0 aliphatic carbocycles. The van der Waals surface area contributed by atoms with Crippen LogP contribution in [-0.2, 0) is 11.3 Å². The lowest BCUT2D eigenvalue weighted by Gasteiger charge is -2.19. The third kappa shape index (κ3) is 8.99. The molecule has 2 aromatic rings. The lowest BCUT2D eigenvalue weighted by atomic mass is 10.2. The SMILES string of the molecule is CN=C(NCCNC(=O)OC(C)(C)C)NCc1sc(-c2ccccc2)nc1C.I. The molecule has 29 heavy (non-hydrogen) atoms. The number of aromatic nitrogens is 1. The number of amides is 1. The zero-order chi connectivity index (χ0) is 20.6. The van der Waals surface area contributed by atoms with E-state index in [-0.39, 0.29) is 24.0 Å². The van der Waals surface area contributed by atoms with Gasteiger partial charge < -0.3 is 20.7 Å². The first-order valence-corrected chi connectivity index (χ1v) is 10.0. The topological polar surface area (TPSA) is 87.6 Å². The Balaban J connectivity index is 0.00000420. The van der Waals surface area contributed by atoms with E-state index in [0.717, 1.165) is 21.1 Å². The van der Waals surface area contributed by atoms with E-state index < -0.39 is 11.7 Å². The van der Waals surface area contributed by atoms with Crippen LogP contribution in [0.25, 0.3) is 10.6 Å². The maximum atomic E-state index is 11.6. The minimum absolute atomic E-state index is 0. The number of carbonyl (C=O) groups is 1.